The summed E-state index contributed by atoms with van der Waals surface area (Å²) in [5, 5.41) is 12.5. The third-order valence-electron chi connectivity index (χ3n) is 4.14. The van der Waals surface area contributed by atoms with Crippen LogP contribution < -0.4 is 5.32 Å². The zero-order chi connectivity index (χ0) is 13.6. The van der Waals surface area contributed by atoms with Crippen LogP contribution in [0.3, 0.4) is 0 Å². The van der Waals surface area contributed by atoms with Crippen LogP contribution in [0, 0.1) is 0 Å². The van der Waals surface area contributed by atoms with Crippen LogP contribution in [0.2, 0.25) is 0 Å². The van der Waals surface area contributed by atoms with E-state index in [1.807, 2.05) is 6.92 Å². The molecule has 0 aromatic carbocycles. The molecule has 4 nitrogen and oxygen atoms in total. The first kappa shape index (κ1) is 15.4. The van der Waals surface area contributed by atoms with E-state index in [9.17, 15) is 9.90 Å². The van der Waals surface area contributed by atoms with Crippen LogP contribution in [-0.2, 0) is 4.79 Å². The summed E-state index contributed by atoms with van der Waals surface area (Å²) in [5.41, 5.74) is -0.762. The van der Waals surface area contributed by atoms with Crippen molar-refractivity contribution in [3.05, 3.63) is 0 Å². The molecule has 0 aromatic rings. The van der Waals surface area contributed by atoms with E-state index in [-0.39, 0.29) is 0 Å². The molecule has 1 heterocycles. The first-order valence-electron chi connectivity index (χ1n) is 7.18. The third kappa shape index (κ3) is 4.25. The monoisotopic (exact) mass is 256 g/mol. The number of piperidine rings is 1. The lowest BCUT2D eigenvalue weighted by atomic mass is 9.95. The van der Waals surface area contributed by atoms with Gasteiger partial charge in [-0.1, -0.05) is 19.8 Å². The number of hydrogen-bond acceptors (Lipinski definition) is 3. The number of rotatable bonds is 7. The minimum Gasteiger partial charge on any atom is -0.480 e. The third-order valence-corrected chi connectivity index (χ3v) is 4.14. The van der Waals surface area contributed by atoms with Crippen molar-refractivity contribution in [2.75, 3.05) is 20.1 Å². The van der Waals surface area contributed by atoms with Gasteiger partial charge in [-0.15, -0.1) is 0 Å². The standard InChI is InChI=1S/C14H28N2O2/c1-4-9-14(2,13(17)18)15-10-8-12-7-5-6-11-16(12)3/h12,15H,4-11H2,1-3H3,(H,17,18). The van der Waals surface area contributed by atoms with Gasteiger partial charge in [-0.25, -0.2) is 0 Å². The molecule has 1 aliphatic rings. The molecular formula is C14H28N2O2. The van der Waals surface area contributed by atoms with Crippen molar-refractivity contribution in [3.63, 3.8) is 0 Å². The molecule has 0 aliphatic carbocycles. The summed E-state index contributed by atoms with van der Waals surface area (Å²) in [7, 11) is 2.17. The second-order valence-corrected chi connectivity index (χ2v) is 5.73. The van der Waals surface area contributed by atoms with E-state index in [4.69, 9.17) is 0 Å². The Kier molecular flexibility index (Phi) is 6.09. The number of hydrogen-bond donors (Lipinski definition) is 2. The average Bonchev–Trinajstić information content (AvgIpc) is 2.32. The summed E-state index contributed by atoms with van der Waals surface area (Å²) in [6, 6.07) is 0.617. The van der Waals surface area contributed by atoms with Gasteiger partial charge in [0, 0.05) is 6.04 Å². The van der Waals surface area contributed by atoms with Crippen molar-refractivity contribution in [1.29, 1.82) is 0 Å². The summed E-state index contributed by atoms with van der Waals surface area (Å²) in [4.78, 5) is 13.7. The lowest BCUT2D eigenvalue weighted by molar-refractivity contribution is -0.144. The molecule has 1 rings (SSSR count). The Balaban J connectivity index is 2.36. The largest absolute Gasteiger partial charge is 0.480 e. The highest BCUT2D eigenvalue weighted by molar-refractivity contribution is 5.78. The number of carboxylic acid groups (broad SMARTS) is 1. The predicted molar refractivity (Wildman–Crippen MR) is 73.8 cm³/mol. The molecule has 2 atom stereocenters. The van der Waals surface area contributed by atoms with E-state index in [1.54, 1.807) is 6.92 Å². The Morgan fingerprint density at radius 3 is 2.78 bits per heavy atom. The van der Waals surface area contributed by atoms with E-state index in [2.05, 4.69) is 17.3 Å². The van der Waals surface area contributed by atoms with Crippen molar-refractivity contribution < 1.29 is 9.90 Å². The van der Waals surface area contributed by atoms with Gasteiger partial charge in [0.2, 0.25) is 0 Å². The van der Waals surface area contributed by atoms with Crippen LogP contribution in [-0.4, -0.2) is 47.7 Å². The molecular weight excluding hydrogens is 228 g/mol. The van der Waals surface area contributed by atoms with E-state index < -0.39 is 11.5 Å². The van der Waals surface area contributed by atoms with Crippen molar-refractivity contribution in [2.45, 2.75) is 64.0 Å². The minimum atomic E-state index is -0.762. The van der Waals surface area contributed by atoms with E-state index in [0.717, 1.165) is 19.4 Å². The van der Waals surface area contributed by atoms with Crippen LogP contribution in [0.4, 0.5) is 0 Å². The van der Waals surface area contributed by atoms with Crippen LogP contribution in [0.5, 0.6) is 0 Å². The van der Waals surface area contributed by atoms with E-state index in [1.165, 1.54) is 25.8 Å². The van der Waals surface area contributed by atoms with E-state index in [0.29, 0.717) is 12.5 Å². The van der Waals surface area contributed by atoms with Crippen molar-refractivity contribution in [1.82, 2.24) is 10.2 Å². The fraction of sp³-hybridized carbons (Fsp3) is 0.929. The lowest BCUT2D eigenvalue weighted by Gasteiger charge is -2.34. The van der Waals surface area contributed by atoms with Crippen LogP contribution >= 0.6 is 0 Å². The maximum atomic E-state index is 11.3. The highest BCUT2D eigenvalue weighted by atomic mass is 16.4. The lowest BCUT2D eigenvalue weighted by Crippen LogP contribution is -2.51. The SMILES string of the molecule is CCCC(C)(NCCC1CCCCN1C)C(=O)O. The number of aliphatic carboxylic acids is 1. The van der Waals surface area contributed by atoms with Crippen LogP contribution in [0.25, 0.3) is 0 Å². The van der Waals surface area contributed by atoms with Gasteiger partial charge in [-0.3, -0.25) is 4.79 Å². The molecule has 0 radical (unpaired) electrons. The van der Waals surface area contributed by atoms with Crippen molar-refractivity contribution in [2.24, 2.45) is 0 Å². The van der Waals surface area contributed by atoms with E-state index >= 15 is 0 Å². The fourth-order valence-corrected chi connectivity index (χ4v) is 2.79. The number of carbonyl (C=O) groups is 1. The zero-order valence-electron chi connectivity index (χ0n) is 12.0. The second-order valence-electron chi connectivity index (χ2n) is 5.73. The van der Waals surface area contributed by atoms with Gasteiger partial charge in [-0.05, 0) is 52.7 Å². The van der Waals surface area contributed by atoms with Gasteiger partial charge in [0.05, 0.1) is 0 Å². The smallest absolute Gasteiger partial charge is 0.323 e. The summed E-state index contributed by atoms with van der Waals surface area (Å²) in [6.45, 7) is 5.79. The first-order valence-corrected chi connectivity index (χ1v) is 7.18. The predicted octanol–water partition coefficient (Wildman–Crippen LogP) is 2.09. The normalized spacial score (nSPS) is 24.7. The van der Waals surface area contributed by atoms with Gasteiger partial charge in [0.15, 0.2) is 0 Å². The molecule has 2 unspecified atom stereocenters. The second kappa shape index (κ2) is 7.10. The summed E-state index contributed by atoms with van der Waals surface area (Å²) < 4.78 is 0. The quantitative estimate of drug-likeness (QED) is 0.732. The molecule has 2 N–H and O–H groups in total. The van der Waals surface area contributed by atoms with Gasteiger partial charge >= 0.3 is 5.97 Å². The van der Waals surface area contributed by atoms with Gasteiger partial charge in [0.25, 0.3) is 0 Å². The van der Waals surface area contributed by atoms with Crippen LogP contribution in [0.1, 0.15) is 52.4 Å². The molecule has 0 bridgehead atoms. The summed E-state index contributed by atoms with van der Waals surface area (Å²) in [5.74, 6) is -0.735. The Labute approximate surface area is 111 Å². The highest BCUT2D eigenvalue weighted by Crippen LogP contribution is 2.18. The van der Waals surface area contributed by atoms with Gasteiger partial charge in [-0.2, -0.15) is 0 Å². The highest BCUT2D eigenvalue weighted by Gasteiger charge is 2.31. The molecule has 18 heavy (non-hydrogen) atoms. The fourth-order valence-electron chi connectivity index (χ4n) is 2.79. The topological polar surface area (TPSA) is 52.6 Å². The molecule has 0 aromatic heterocycles. The van der Waals surface area contributed by atoms with Crippen molar-refractivity contribution >= 4 is 5.97 Å². The Hall–Kier alpha value is -0.610. The van der Waals surface area contributed by atoms with Crippen molar-refractivity contribution in [3.8, 4) is 0 Å². The summed E-state index contributed by atoms with van der Waals surface area (Å²) in [6.07, 6.45) is 6.46. The number of carboxylic acids is 1. The molecule has 0 amide bonds. The maximum Gasteiger partial charge on any atom is 0.323 e. The minimum absolute atomic E-state index is 0.617. The Morgan fingerprint density at radius 1 is 1.50 bits per heavy atom. The number of likely N-dealkylation sites (tertiary alicyclic amines) is 1. The molecule has 1 aliphatic heterocycles. The molecule has 0 saturated carbocycles. The Morgan fingerprint density at radius 2 is 2.22 bits per heavy atom. The first-order chi connectivity index (χ1) is 8.49. The molecule has 0 spiro atoms. The molecule has 1 fully saturated rings. The average molecular weight is 256 g/mol. The van der Waals surface area contributed by atoms with Crippen LogP contribution in [0.15, 0.2) is 0 Å². The van der Waals surface area contributed by atoms with Gasteiger partial charge < -0.3 is 15.3 Å². The molecule has 106 valence electrons. The zero-order valence-corrected chi connectivity index (χ0v) is 12.0. The van der Waals surface area contributed by atoms with Gasteiger partial charge in [0.1, 0.15) is 5.54 Å². The summed E-state index contributed by atoms with van der Waals surface area (Å²) >= 11 is 0. The maximum absolute atomic E-state index is 11.3. The molecule has 4 heteroatoms. The molecule has 1 saturated heterocycles. The number of nitrogens with zero attached hydrogens (tertiary/aromatic N) is 1. The Bertz CT molecular complexity index is 271. The number of nitrogens with one attached hydrogen (secondary N) is 1.